The highest BCUT2D eigenvalue weighted by Gasteiger charge is 2.30. The lowest BCUT2D eigenvalue weighted by molar-refractivity contribution is -0.135. The Hall–Kier alpha value is -1.01. The maximum Gasteiger partial charge on any atom is 0.227 e. The molecule has 0 bridgehead atoms. The minimum atomic E-state index is 0.0827. The first-order valence-corrected chi connectivity index (χ1v) is 8.88. The van der Waals surface area contributed by atoms with Crippen LogP contribution < -0.4 is 4.90 Å². The summed E-state index contributed by atoms with van der Waals surface area (Å²) in [6, 6.07) is 3.62. The summed E-state index contributed by atoms with van der Waals surface area (Å²) >= 11 is 7.70. The monoisotopic (exact) mass is 326 g/mol. The summed E-state index contributed by atoms with van der Waals surface area (Å²) in [5, 5.41) is 8.41. The van der Waals surface area contributed by atoms with E-state index in [1.807, 2.05) is 22.7 Å². The lowest BCUT2D eigenvalue weighted by atomic mass is 9.96. The molecule has 1 aromatic rings. The molecule has 5 nitrogen and oxygen atoms in total. The lowest BCUT2D eigenvalue weighted by Crippen LogP contribution is -2.47. The van der Waals surface area contributed by atoms with E-state index in [1.165, 1.54) is 0 Å². The zero-order valence-corrected chi connectivity index (χ0v) is 13.4. The van der Waals surface area contributed by atoms with Crippen LogP contribution in [0.5, 0.6) is 0 Å². The molecule has 0 spiro atoms. The smallest absolute Gasteiger partial charge is 0.227 e. The maximum atomic E-state index is 12.6. The number of halogens is 1. The van der Waals surface area contributed by atoms with Crippen molar-refractivity contribution in [3.63, 3.8) is 0 Å². The molecule has 0 aromatic carbocycles. The van der Waals surface area contributed by atoms with Crippen LogP contribution in [0.25, 0.3) is 0 Å². The van der Waals surface area contributed by atoms with E-state index in [0.29, 0.717) is 11.1 Å². The fourth-order valence-corrected chi connectivity index (χ4v) is 3.91. The van der Waals surface area contributed by atoms with Crippen molar-refractivity contribution in [2.45, 2.75) is 12.8 Å². The van der Waals surface area contributed by atoms with Crippen LogP contribution in [0.2, 0.25) is 5.15 Å². The summed E-state index contributed by atoms with van der Waals surface area (Å²) in [6.45, 7) is 3.44. The van der Waals surface area contributed by atoms with Crippen molar-refractivity contribution >= 4 is 35.1 Å². The molecule has 0 aliphatic carbocycles. The van der Waals surface area contributed by atoms with E-state index in [9.17, 15) is 4.79 Å². The molecule has 2 fully saturated rings. The summed E-state index contributed by atoms with van der Waals surface area (Å²) in [4.78, 5) is 16.8. The number of thioether (sulfide) groups is 1. The number of amides is 1. The Kier molecular flexibility index (Phi) is 4.85. The molecule has 0 N–H and O–H groups in total. The quantitative estimate of drug-likeness (QED) is 0.831. The van der Waals surface area contributed by atoms with Gasteiger partial charge in [-0.05, 0) is 25.0 Å². The molecule has 1 unspecified atom stereocenters. The third-order valence-corrected chi connectivity index (χ3v) is 5.18. The summed E-state index contributed by atoms with van der Waals surface area (Å²) in [5.74, 6) is 3.32. The number of carbonyl (C=O) groups is 1. The summed E-state index contributed by atoms with van der Waals surface area (Å²) in [5.41, 5.74) is 0. The molecule has 0 radical (unpaired) electrons. The summed E-state index contributed by atoms with van der Waals surface area (Å²) in [7, 11) is 0. The molecule has 2 aliphatic rings. The number of piperidine rings is 1. The highest BCUT2D eigenvalue weighted by Crippen LogP contribution is 2.24. The van der Waals surface area contributed by atoms with E-state index in [2.05, 4.69) is 15.1 Å². The molecule has 1 aromatic heterocycles. The van der Waals surface area contributed by atoms with E-state index in [-0.39, 0.29) is 5.92 Å². The van der Waals surface area contributed by atoms with E-state index in [4.69, 9.17) is 11.6 Å². The van der Waals surface area contributed by atoms with Crippen LogP contribution in [0, 0.1) is 5.92 Å². The molecular formula is C14H19ClN4OS. The third-order valence-electron chi connectivity index (χ3n) is 4.04. The van der Waals surface area contributed by atoms with Crippen LogP contribution in [-0.2, 0) is 4.79 Å². The Labute approximate surface area is 134 Å². The number of nitrogens with zero attached hydrogens (tertiary/aromatic N) is 4. The molecule has 3 rings (SSSR count). The van der Waals surface area contributed by atoms with Crippen molar-refractivity contribution in [2.24, 2.45) is 5.92 Å². The minimum absolute atomic E-state index is 0.0827. The standard InChI is InChI=1S/C14H19ClN4OS/c15-12-3-4-13(17-16-12)19-5-1-2-11(10-19)14(20)18-6-8-21-9-7-18/h3-4,11H,1-2,5-10H2. The van der Waals surface area contributed by atoms with Gasteiger partial charge in [0.1, 0.15) is 0 Å². The van der Waals surface area contributed by atoms with Crippen LogP contribution in [-0.4, -0.2) is 58.7 Å². The average Bonchev–Trinajstić information content (AvgIpc) is 2.56. The van der Waals surface area contributed by atoms with Crippen molar-refractivity contribution in [3.05, 3.63) is 17.3 Å². The van der Waals surface area contributed by atoms with Gasteiger partial charge in [0.2, 0.25) is 5.91 Å². The zero-order valence-electron chi connectivity index (χ0n) is 11.9. The average molecular weight is 327 g/mol. The molecule has 0 saturated carbocycles. The lowest BCUT2D eigenvalue weighted by Gasteiger charge is -2.36. The van der Waals surface area contributed by atoms with Gasteiger partial charge >= 0.3 is 0 Å². The number of anilines is 1. The van der Waals surface area contributed by atoms with Crippen molar-refractivity contribution in [1.29, 1.82) is 0 Å². The molecule has 2 aliphatic heterocycles. The van der Waals surface area contributed by atoms with Gasteiger partial charge in [0, 0.05) is 37.7 Å². The predicted octanol–water partition coefficient (Wildman–Crippen LogP) is 1.92. The summed E-state index contributed by atoms with van der Waals surface area (Å²) in [6.07, 6.45) is 1.99. The highest BCUT2D eigenvalue weighted by molar-refractivity contribution is 7.99. The molecule has 114 valence electrons. The van der Waals surface area contributed by atoms with Crippen molar-refractivity contribution in [3.8, 4) is 0 Å². The van der Waals surface area contributed by atoms with Crippen LogP contribution in [0.4, 0.5) is 5.82 Å². The zero-order chi connectivity index (χ0) is 14.7. The predicted molar refractivity (Wildman–Crippen MR) is 85.9 cm³/mol. The number of hydrogen-bond donors (Lipinski definition) is 0. The first-order chi connectivity index (χ1) is 10.2. The molecule has 3 heterocycles. The second kappa shape index (κ2) is 6.83. The van der Waals surface area contributed by atoms with E-state index < -0.39 is 0 Å². The highest BCUT2D eigenvalue weighted by atomic mass is 35.5. The van der Waals surface area contributed by atoms with Crippen molar-refractivity contribution in [1.82, 2.24) is 15.1 Å². The molecule has 1 atom stereocenters. The van der Waals surface area contributed by atoms with Crippen LogP contribution in [0.3, 0.4) is 0 Å². The van der Waals surface area contributed by atoms with Gasteiger partial charge in [0.15, 0.2) is 11.0 Å². The van der Waals surface area contributed by atoms with Crippen LogP contribution in [0.1, 0.15) is 12.8 Å². The van der Waals surface area contributed by atoms with Crippen LogP contribution in [0.15, 0.2) is 12.1 Å². The van der Waals surface area contributed by atoms with Crippen molar-refractivity contribution in [2.75, 3.05) is 42.6 Å². The molecule has 2 saturated heterocycles. The molecule has 1 amide bonds. The Bertz CT molecular complexity index is 492. The SMILES string of the molecule is O=C(C1CCCN(c2ccc(Cl)nn2)C1)N1CCSCC1. The van der Waals surface area contributed by atoms with Gasteiger partial charge < -0.3 is 9.80 Å². The Balaban J connectivity index is 1.64. The molecule has 21 heavy (non-hydrogen) atoms. The molecule has 7 heteroatoms. The van der Waals surface area contributed by atoms with Gasteiger partial charge in [-0.25, -0.2) is 0 Å². The largest absolute Gasteiger partial charge is 0.354 e. The Morgan fingerprint density at radius 2 is 2.05 bits per heavy atom. The summed E-state index contributed by atoms with van der Waals surface area (Å²) < 4.78 is 0. The first kappa shape index (κ1) is 14.9. The minimum Gasteiger partial charge on any atom is -0.354 e. The maximum absolute atomic E-state index is 12.6. The van der Waals surface area contributed by atoms with Gasteiger partial charge in [-0.2, -0.15) is 11.8 Å². The van der Waals surface area contributed by atoms with E-state index in [1.54, 1.807) is 6.07 Å². The van der Waals surface area contributed by atoms with Gasteiger partial charge in [-0.15, -0.1) is 10.2 Å². The van der Waals surface area contributed by atoms with E-state index >= 15 is 0 Å². The Morgan fingerprint density at radius 1 is 1.24 bits per heavy atom. The second-order valence-corrected chi connectivity index (χ2v) is 7.05. The van der Waals surface area contributed by atoms with Crippen LogP contribution >= 0.6 is 23.4 Å². The van der Waals surface area contributed by atoms with Gasteiger partial charge in [0.05, 0.1) is 5.92 Å². The second-order valence-electron chi connectivity index (χ2n) is 5.44. The normalized spacial score (nSPS) is 23.2. The topological polar surface area (TPSA) is 49.3 Å². The first-order valence-electron chi connectivity index (χ1n) is 7.35. The number of rotatable bonds is 2. The van der Waals surface area contributed by atoms with Gasteiger partial charge in [-0.1, -0.05) is 11.6 Å². The number of aromatic nitrogens is 2. The number of carbonyl (C=O) groups excluding carboxylic acids is 1. The fraction of sp³-hybridized carbons (Fsp3) is 0.643. The van der Waals surface area contributed by atoms with Gasteiger partial charge in [-0.3, -0.25) is 4.79 Å². The Morgan fingerprint density at radius 3 is 2.76 bits per heavy atom. The molecular weight excluding hydrogens is 308 g/mol. The third kappa shape index (κ3) is 3.61. The number of hydrogen-bond acceptors (Lipinski definition) is 5. The van der Waals surface area contributed by atoms with Crippen molar-refractivity contribution < 1.29 is 4.79 Å². The van der Waals surface area contributed by atoms with Gasteiger partial charge in [0.25, 0.3) is 0 Å². The van der Waals surface area contributed by atoms with E-state index in [0.717, 1.165) is 56.3 Å². The fourth-order valence-electron chi connectivity index (χ4n) is 2.91.